The fourth-order valence-corrected chi connectivity index (χ4v) is 4.38. The Morgan fingerprint density at radius 3 is 2.79 bits per heavy atom. The zero-order valence-corrected chi connectivity index (χ0v) is 18.1. The maximum atomic E-state index is 12.4. The molecule has 1 aliphatic heterocycles. The predicted molar refractivity (Wildman–Crippen MR) is 112 cm³/mol. The molecule has 1 N–H and O–H groups in total. The molecule has 29 heavy (non-hydrogen) atoms. The smallest absolute Gasteiger partial charge is 0.291 e. The molecular formula is C21H31N7O. The van der Waals surface area contributed by atoms with Crippen LogP contribution in [0.4, 0.5) is 5.82 Å². The quantitative estimate of drug-likeness (QED) is 0.821. The van der Waals surface area contributed by atoms with Gasteiger partial charge in [-0.05, 0) is 45.1 Å². The van der Waals surface area contributed by atoms with Crippen LogP contribution in [0.1, 0.15) is 51.7 Å². The van der Waals surface area contributed by atoms with E-state index in [1.54, 1.807) is 14.1 Å². The van der Waals surface area contributed by atoms with Crippen LogP contribution in [0, 0.1) is 13.8 Å². The molecule has 0 saturated carbocycles. The molecule has 0 radical (unpaired) electrons. The molecular weight excluding hydrogens is 366 g/mol. The van der Waals surface area contributed by atoms with Crippen LogP contribution >= 0.6 is 0 Å². The van der Waals surface area contributed by atoms with Gasteiger partial charge in [0.15, 0.2) is 0 Å². The third-order valence-electron chi connectivity index (χ3n) is 6.21. The van der Waals surface area contributed by atoms with Gasteiger partial charge >= 0.3 is 0 Å². The molecule has 156 valence electrons. The van der Waals surface area contributed by atoms with Crippen LogP contribution in [0.15, 0.2) is 0 Å². The zero-order valence-electron chi connectivity index (χ0n) is 18.1. The number of aryl methyl sites for hydroxylation is 3. The van der Waals surface area contributed by atoms with Gasteiger partial charge in [0.25, 0.3) is 5.91 Å². The molecule has 0 aromatic carbocycles. The lowest BCUT2D eigenvalue weighted by Crippen LogP contribution is -2.34. The van der Waals surface area contributed by atoms with Crippen LogP contribution in [0.2, 0.25) is 0 Å². The molecule has 0 spiro atoms. The first kappa shape index (κ1) is 19.8. The van der Waals surface area contributed by atoms with Gasteiger partial charge < -0.3 is 15.1 Å². The van der Waals surface area contributed by atoms with Gasteiger partial charge in [0.2, 0.25) is 5.82 Å². The Hall–Kier alpha value is -2.48. The van der Waals surface area contributed by atoms with E-state index in [1.165, 1.54) is 28.3 Å². The largest absolute Gasteiger partial charge is 0.355 e. The molecule has 2 aromatic rings. The van der Waals surface area contributed by atoms with E-state index in [-0.39, 0.29) is 11.7 Å². The van der Waals surface area contributed by atoms with Crippen molar-refractivity contribution < 1.29 is 4.79 Å². The van der Waals surface area contributed by atoms with Crippen molar-refractivity contribution in [3.8, 4) is 0 Å². The van der Waals surface area contributed by atoms with Crippen molar-refractivity contribution >= 4 is 11.7 Å². The molecule has 1 aliphatic carbocycles. The third-order valence-corrected chi connectivity index (χ3v) is 6.21. The molecule has 2 aromatic heterocycles. The van der Waals surface area contributed by atoms with Crippen molar-refractivity contribution in [2.24, 2.45) is 7.05 Å². The van der Waals surface area contributed by atoms with Crippen LogP contribution in [0.5, 0.6) is 0 Å². The second-order valence-corrected chi connectivity index (χ2v) is 8.44. The van der Waals surface area contributed by atoms with E-state index >= 15 is 0 Å². The first-order valence-electron chi connectivity index (χ1n) is 10.4. The number of nitrogens with zero attached hydrogens (tertiary/aromatic N) is 6. The Balaban J connectivity index is 1.45. The summed E-state index contributed by atoms with van der Waals surface area (Å²) < 4.78 is 2.04. The van der Waals surface area contributed by atoms with Crippen LogP contribution in [0.3, 0.4) is 0 Å². The van der Waals surface area contributed by atoms with E-state index in [9.17, 15) is 4.79 Å². The van der Waals surface area contributed by atoms with Crippen LogP contribution < -0.4 is 10.2 Å². The Kier molecular flexibility index (Phi) is 5.29. The molecule has 3 heterocycles. The Morgan fingerprint density at radius 2 is 2.03 bits per heavy atom. The van der Waals surface area contributed by atoms with Gasteiger partial charge in [-0.25, -0.2) is 9.97 Å². The van der Waals surface area contributed by atoms with Crippen LogP contribution in [0.25, 0.3) is 0 Å². The summed E-state index contributed by atoms with van der Waals surface area (Å²) in [4.78, 5) is 25.2. The van der Waals surface area contributed by atoms with Crippen LogP contribution in [-0.2, 0) is 26.4 Å². The molecule has 4 rings (SSSR count). The fraction of sp³-hybridized carbons (Fsp3) is 0.619. The average Bonchev–Trinajstić information content (AvgIpc) is 3.38. The first-order valence-corrected chi connectivity index (χ1v) is 10.4. The number of hydrogen-bond acceptors (Lipinski definition) is 6. The fourth-order valence-electron chi connectivity index (χ4n) is 4.38. The van der Waals surface area contributed by atoms with Crippen molar-refractivity contribution in [1.29, 1.82) is 0 Å². The van der Waals surface area contributed by atoms with E-state index in [1.807, 2.05) is 25.6 Å². The summed E-state index contributed by atoms with van der Waals surface area (Å²) in [5.41, 5.74) is 5.96. The number of fused-ring (bicyclic) bond motifs is 1. The van der Waals surface area contributed by atoms with E-state index in [2.05, 4.69) is 25.3 Å². The van der Waals surface area contributed by atoms with Crippen LogP contribution in [-0.4, -0.2) is 63.8 Å². The summed E-state index contributed by atoms with van der Waals surface area (Å²) in [5, 5.41) is 8.40. The topological polar surface area (TPSA) is 79.2 Å². The summed E-state index contributed by atoms with van der Waals surface area (Å²) in [6, 6.07) is 0.393. The van der Waals surface area contributed by atoms with E-state index in [0.717, 1.165) is 56.0 Å². The van der Waals surface area contributed by atoms with Gasteiger partial charge in [0.1, 0.15) is 5.82 Å². The normalized spacial score (nSPS) is 18.4. The average molecular weight is 398 g/mol. The molecule has 0 unspecified atom stereocenters. The highest BCUT2D eigenvalue weighted by atomic mass is 16.2. The van der Waals surface area contributed by atoms with E-state index < -0.39 is 0 Å². The monoisotopic (exact) mass is 397 g/mol. The molecule has 0 bridgehead atoms. The molecule has 1 fully saturated rings. The standard InChI is InChI=1S/C21H31N7O/c1-13-14(2)23-19(21(29)26(3)4)24-20(13)28-10-9-15(12-28)22-11-18-16-7-6-8-17(16)25-27(18)5/h15,22H,6-12H2,1-5H3/t15-/m1/s1. The lowest BCUT2D eigenvalue weighted by molar-refractivity contribution is 0.0815. The summed E-state index contributed by atoms with van der Waals surface area (Å²) in [6.07, 6.45) is 4.54. The number of rotatable bonds is 5. The number of amides is 1. The third kappa shape index (κ3) is 3.73. The molecule has 2 aliphatic rings. The molecule has 8 nitrogen and oxygen atoms in total. The zero-order chi connectivity index (χ0) is 20.7. The maximum absolute atomic E-state index is 12.4. The molecule has 1 saturated heterocycles. The van der Waals surface area contributed by atoms with Gasteiger partial charge in [-0.1, -0.05) is 0 Å². The van der Waals surface area contributed by atoms with Gasteiger partial charge in [-0.2, -0.15) is 5.10 Å². The maximum Gasteiger partial charge on any atom is 0.291 e. The predicted octanol–water partition coefficient (Wildman–Crippen LogP) is 1.39. The molecule has 1 atom stereocenters. The van der Waals surface area contributed by atoms with E-state index in [0.29, 0.717) is 6.04 Å². The summed E-state index contributed by atoms with van der Waals surface area (Å²) >= 11 is 0. The van der Waals surface area contributed by atoms with Crippen molar-refractivity contribution in [2.45, 2.75) is 52.1 Å². The number of aromatic nitrogens is 4. The summed E-state index contributed by atoms with van der Waals surface area (Å²) in [5.74, 6) is 0.997. The number of anilines is 1. The lowest BCUT2D eigenvalue weighted by atomic mass is 10.2. The summed E-state index contributed by atoms with van der Waals surface area (Å²) in [6.45, 7) is 6.64. The van der Waals surface area contributed by atoms with Gasteiger partial charge in [-0.3, -0.25) is 9.48 Å². The first-order chi connectivity index (χ1) is 13.8. The second kappa shape index (κ2) is 7.74. The van der Waals surface area contributed by atoms with Crippen molar-refractivity contribution in [3.05, 3.63) is 34.0 Å². The minimum Gasteiger partial charge on any atom is -0.355 e. The Morgan fingerprint density at radius 1 is 1.24 bits per heavy atom. The SMILES string of the molecule is Cc1nc(C(=O)N(C)C)nc(N2CC[C@@H](NCc3c4c(nn3C)CCC4)C2)c1C. The highest BCUT2D eigenvalue weighted by molar-refractivity contribution is 5.90. The number of nitrogens with one attached hydrogen (secondary N) is 1. The van der Waals surface area contributed by atoms with Crippen molar-refractivity contribution in [2.75, 3.05) is 32.1 Å². The van der Waals surface area contributed by atoms with Gasteiger partial charge in [0.05, 0.1) is 11.4 Å². The number of hydrogen-bond donors (Lipinski definition) is 1. The Labute approximate surface area is 172 Å². The second-order valence-electron chi connectivity index (χ2n) is 8.44. The minimum absolute atomic E-state index is 0.159. The number of carbonyl (C=O) groups excluding carboxylic acids is 1. The number of carbonyl (C=O) groups is 1. The van der Waals surface area contributed by atoms with Gasteiger partial charge in [0, 0.05) is 58.1 Å². The molecule has 1 amide bonds. The summed E-state index contributed by atoms with van der Waals surface area (Å²) in [7, 11) is 5.50. The highest BCUT2D eigenvalue weighted by Gasteiger charge is 2.28. The lowest BCUT2D eigenvalue weighted by Gasteiger charge is -2.22. The van der Waals surface area contributed by atoms with Gasteiger partial charge in [-0.15, -0.1) is 0 Å². The van der Waals surface area contributed by atoms with Crippen molar-refractivity contribution in [1.82, 2.24) is 30.0 Å². The van der Waals surface area contributed by atoms with E-state index in [4.69, 9.17) is 0 Å². The molecule has 8 heteroatoms. The Bertz CT molecular complexity index is 934. The van der Waals surface area contributed by atoms with Crippen molar-refractivity contribution in [3.63, 3.8) is 0 Å². The highest BCUT2D eigenvalue weighted by Crippen LogP contribution is 2.26. The minimum atomic E-state index is -0.159.